The molecule has 2 nitrogen and oxygen atoms in total. The first-order chi connectivity index (χ1) is 8.02. The van der Waals surface area contributed by atoms with E-state index >= 15 is 0 Å². The Morgan fingerprint density at radius 1 is 0.882 bits per heavy atom. The molecule has 0 saturated heterocycles. The molecule has 0 aliphatic carbocycles. The summed E-state index contributed by atoms with van der Waals surface area (Å²) in [5.74, 6) is -2.79. The molecule has 2 aromatic carbocycles. The topological polar surface area (TPSA) is 40.5 Å². The van der Waals surface area contributed by atoms with Gasteiger partial charge in [0.05, 0.1) is 16.1 Å². The fourth-order valence-corrected chi connectivity index (χ4v) is 1.70. The molecule has 88 valence electrons. The normalized spacial score (nSPS) is 10.5. The van der Waals surface area contributed by atoms with Crippen molar-refractivity contribution in [3.63, 3.8) is 0 Å². The summed E-state index contributed by atoms with van der Waals surface area (Å²) >= 11 is 5.54. The summed E-state index contributed by atoms with van der Waals surface area (Å²) in [7, 11) is 0. The van der Waals surface area contributed by atoms with Crippen LogP contribution in [0.15, 0.2) is 30.3 Å². The Labute approximate surface area is 101 Å². The predicted molar refractivity (Wildman–Crippen MR) is 60.1 cm³/mol. The van der Waals surface area contributed by atoms with Crippen LogP contribution < -0.4 is 0 Å². The average Bonchev–Trinajstić information content (AvgIpc) is 2.28. The summed E-state index contributed by atoms with van der Waals surface area (Å²) < 4.78 is 27.3. The second-order valence-corrected chi connectivity index (χ2v) is 3.80. The second kappa shape index (κ2) is 4.22. The van der Waals surface area contributed by atoms with Crippen LogP contribution in [0.3, 0.4) is 0 Å². The SMILES string of the molecule is Oc1cccc(O)c1-c1c(F)ccc(Cl)c1F. The lowest BCUT2D eigenvalue weighted by Gasteiger charge is -2.10. The van der Waals surface area contributed by atoms with Crippen LogP contribution in [-0.2, 0) is 0 Å². The van der Waals surface area contributed by atoms with Crippen LogP contribution >= 0.6 is 11.6 Å². The molecule has 0 aromatic heterocycles. The quantitative estimate of drug-likeness (QED) is 0.764. The lowest BCUT2D eigenvalue weighted by molar-refractivity contribution is 0.452. The van der Waals surface area contributed by atoms with E-state index in [1.165, 1.54) is 18.2 Å². The highest BCUT2D eigenvalue weighted by Crippen LogP contribution is 2.41. The van der Waals surface area contributed by atoms with Crippen LogP contribution in [0.5, 0.6) is 11.5 Å². The molecule has 2 rings (SSSR count). The van der Waals surface area contributed by atoms with E-state index in [-0.39, 0.29) is 10.6 Å². The van der Waals surface area contributed by atoms with Gasteiger partial charge in [0.25, 0.3) is 0 Å². The Balaban J connectivity index is 2.82. The Hall–Kier alpha value is -1.81. The predicted octanol–water partition coefficient (Wildman–Crippen LogP) is 3.70. The summed E-state index contributed by atoms with van der Waals surface area (Å²) in [6.07, 6.45) is 0. The van der Waals surface area contributed by atoms with Gasteiger partial charge in [-0.3, -0.25) is 0 Å². The monoisotopic (exact) mass is 256 g/mol. The van der Waals surface area contributed by atoms with Crippen LogP contribution in [0.1, 0.15) is 0 Å². The Morgan fingerprint density at radius 3 is 2.06 bits per heavy atom. The van der Waals surface area contributed by atoms with Gasteiger partial charge >= 0.3 is 0 Å². The zero-order valence-electron chi connectivity index (χ0n) is 8.42. The number of benzene rings is 2. The summed E-state index contributed by atoms with van der Waals surface area (Å²) in [6, 6.07) is 5.82. The number of hydrogen-bond donors (Lipinski definition) is 2. The van der Waals surface area contributed by atoms with E-state index in [1.807, 2.05) is 0 Å². The number of phenolic OH excluding ortho intramolecular Hbond substituents is 2. The van der Waals surface area contributed by atoms with E-state index in [9.17, 15) is 19.0 Å². The summed E-state index contributed by atoms with van der Waals surface area (Å²) in [5.41, 5.74) is -0.863. The van der Waals surface area contributed by atoms with Crippen LogP contribution in [0.4, 0.5) is 8.78 Å². The van der Waals surface area contributed by atoms with Gasteiger partial charge in [-0.15, -0.1) is 0 Å². The molecule has 0 bridgehead atoms. The molecule has 5 heteroatoms. The van der Waals surface area contributed by atoms with Crippen molar-refractivity contribution in [3.05, 3.63) is 47.0 Å². The summed E-state index contributed by atoms with van der Waals surface area (Å²) in [6.45, 7) is 0. The lowest BCUT2D eigenvalue weighted by Crippen LogP contribution is -1.92. The van der Waals surface area contributed by atoms with E-state index < -0.39 is 28.7 Å². The molecule has 17 heavy (non-hydrogen) atoms. The van der Waals surface area contributed by atoms with E-state index in [1.54, 1.807) is 0 Å². The Morgan fingerprint density at radius 2 is 1.47 bits per heavy atom. The maximum Gasteiger partial charge on any atom is 0.152 e. The zero-order chi connectivity index (χ0) is 12.6. The van der Waals surface area contributed by atoms with Crippen molar-refractivity contribution in [1.82, 2.24) is 0 Å². The largest absolute Gasteiger partial charge is 0.507 e. The molecule has 0 aliphatic rings. The van der Waals surface area contributed by atoms with Crippen molar-refractivity contribution in [3.8, 4) is 22.6 Å². The minimum absolute atomic E-state index is 0.288. The third-order valence-corrected chi connectivity index (χ3v) is 2.61. The van der Waals surface area contributed by atoms with Crippen LogP contribution in [-0.4, -0.2) is 10.2 Å². The van der Waals surface area contributed by atoms with Crippen molar-refractivity contribution in [2.24, 2.45) is 0 Å². The molecular weight excluding hydrogens is 250 g/mol. The molecule has 0 heterocycles. The first-order valence-corrected chi connectivity index (χ1v) is 5.05. The van der Waals surface area contributed by atoms with Gasteiger partial charge in [0.2, 0.25) is 0 Å². The van der Waals surface area contributed by atoms with Crippen molar-refractivity contribution < 1.29 is 19.0 Å². The van der Waals surface area contributed by atoms with Crippen LogP contribution in [0.2, 0.25) is 5.02 Å². The molecule has 2 aromatic rings. The smallest absolute Gasteiger partial charge is 0.152 e. The van der Waals surface area contributed by atoms with Gasteiger partial charge in [-0.1, -0.05) is 17.7 Å². The molecule has 0 radical (unpaired) electrons. The highest BCUT2D eigenvalue weighted by Gasteiger charge is 2.20. The number of phenols is 2. The van der Waals surface area contributed by atoms with E-state index in [0.29, 0.717) is 0 Å². The van der Waals surface area contributed by atoms with Crippen molar-refractivity contribution in [2.45, 2.75) is 0 Å². The summed E-state index contributed by atoms with van der Waals surface area (Å²) in [4.78, 5) is 0. The third kappa shape index (κ3) is 1.91. The summed E-state index contributed by atoms with van der Waals surface area (Å²) in [5, 5.41) is 18.8. The highest BCUT2D eigenvalue weighted by atomic mass is 35.5. The van der Waals surface area contributed by atoms with Gasteiger partial charge in [0.15, 0.2) is 5.82 Å². The molecule has 2 N–H and O–H groups in total. The fourth-order valence-electron chi connectivity index (χ4n) is 1.54. The van der Waals surface area contributed by atoms with E-state index in [0.717, 1.165) is 12.1 Å². The van der Waals surface area contributed by atoms with Gasteiger partial charge in [-0.05, 0) is 24.3 Å². The van der Waals surface area contributed by atoms with Crippen LogP contribution in [0.25, 0.3) is 11.1 Å². The van der Waals surface area contributed by atoms with Crippen molar-refractivity contribution in [1.29, 1.82) is 0 Å². The minimum Gasteiger partial charge on any atom is -0.507 e. The third-order valence-electron chi connectivity index (χ3n) is 2.31. The standard InChI is InChI=1S/C12H7ClF2O2/c13-6-4-5-7(14)10(12(6)15)11-8(16)2-1-3-9(11)17/h1-5,16-17H. The Kier molecular flexibility index (Phi) is 2.90. The lowest BCUT2D eigenvalue weighted by atomic mass is 10.0. The fraction of sp³-hybridized carbons (Fsp3) is 0. The number of rotatable bonds is 1. The first-order valence-electron chi connectivity index (χ1n) is 4.67. The zero-order valence-corrected chi connectivity index (χ0v) is 9.17. The highest BCUT2D eigenvalue weighted by molar-refractivity contribution is 6.31. The maximum atomic E-state index is 13.7. The van der Waals surface area contributed by atoms with Crippen molar-refractivity contribution >= 4 is 11.6 Å². The number of aromatic hydroxyl groups is 2. The average molecular weight is 257 g/mol. The van der Waals surface area contributed by atoms with Gasteiger partial charge < -0.3 is 10.2 Å². The molecular formula is C12H7ClF2O2. The van der Waals surface area contributed by atoms with Gasteiger partial charge in [0.1, 0.15) is 17.3 Å². The molecule has 0 fully saturated rings. The van der Waals surface area contributed by atoms with Gasteiger partial charge in [-0.2, -0.15) is 0 Å². The van der Waals surface area contributed by atoms with Gasteiger partial charge in [-0.25, -0.2) is 8.78 Å². The molecule has 0 unspecified atom stereocenters. The minimum atomic E-state index is -1.02. The molecule has 0 spiro atoms. The molecule has 0 aliphatic heterocycles. The van der Waals surface area contributed by atoms with Gasteiger partial charge in [0, 0.05) is 0 Å². The second-order valence-electron chi connectivity index (χ2n) is 3.39. The number of halogens is 3. The van der Waals surface area contributed by atoms with E-state index in [4.69, 9.17) is 11.6 Å². The van der Waals surface area contributed by atoms with Crippen LogP contribution in [0, 0.1) is 11.6 Å². The number of hydrogen-bond acceptors (Lipinski definition) is 2. The molecule has 0 atom stereocenters. The first kappa shape index (κ1) is 11.7. The molecule has 0 saturated carbocycles. The van der Waals surface area contributed by atoms with E-state index in [2.05, 4.69) is 0 Å². The maximum absolute atomic E-state index is 13.7. The Bertz CT molecular complexity index is 565. The molecule has 0 amide bonds. The van der Waals surface area contributed by atoms with Crippen molar-refractivity contribution in [2.75, 3.05) is 0 Å².